The Kier molecular flexibility index (Phi) is 8.59. The topological polar surface area (TPSA) is 106 Å². The number of nitro groups is 1. The molecular formula is C19H28N6O3S. The smallest absolute Gasteiger partial charge is 0.292 e. The van der Waals surface area contributed by atoms with Crippen LogP contribution in [0.2, 0.25) is 0 Å². The van der Waals surface area contributed by atoms with Gasteiger partial charge in [-0.1, -0.05) is 44.2 Å². The number of anilines is 1. The van der Waals surface area contributed by atoms with Crippen molar-refractivity contribution in [1.29, 1.82) is 0 Å². The normalized spacial score (nSPS) is 12.2. The quantitative estimate of drug-likeness (QED) is 0.335. The van der Waals surface area contributed by atoms with E-state index in [0.717, 1.165) is 31.6 Å². The number of para-hydroxylation sites is 2. The summed E-state index contributed by atoms with van der Waals surface area (Å²) in [4.78, 5) is 25.1. The van der Waals surface area contributed by atoms with E-state index >= 15 is 0 Å². The molecule has 1 amide bonds. The van der Waals surface area contributed by atoms with Crippen molar-refractivity contribution in [2.24, 2.45) is 0 Å². The fourth-order valence-corrected chi connectivity index (χ4v) is 3.78. The SMILES string of the molecule is CCCCn1c(SCC(=O)Nc2ccccc2[N+](=O)[O-])nnc1[C@H](CC)N(C)C. The Morgan fingerprint density at radius 3 is 2.66 bits per heavy atom. The molecule has 0 aliphatic carbocycles. The van der Waals surface area contributed by atoms with Crippen LogP contribution in [0.3, 0.4) is 0 Å². The molecule has 0 fully saturated rings. The van der Waals surface area contributed by atoms with Gasteiger partial charge in [0, 0.05) is 12.6 Å². The predicted octanol–water partition coefficient (Wildman–Crippen LogP) is 3.73. The van der Waals surface area contributed by atoms with Crippen LogP contribution in [0.4, 0.5) is 11.4 Å². The lowest BCUT2D eigenvalue weighted by Crippen LogP contribution is -2.23. The van der Waals surface area contributed by atoms with Gasteiger partial charge in [-0.3, -0.25) is 19.8 Å². The molecule has 9 nitrogen and oxygen atoms in total. The molecule has 1 N–H and O–H groups in total. The molecule has 158 valence electrons. The summed E-state index contributed by atoms with van der Waals surface area (Å²) in [5.41, 5.74) is 0.0610. The number of carbonyl (C=O) groups is 1. The number of nitrogens with one attached hydrogen (secondary N) is 1. The maximum Gasteiger partial charge on any atom is 0.292 e. The number of benzene rings is 1. The summed E-state index contributed by atoms with van der Waals surface area (Å²) in [5.74, 6) is 0.665. The van der Waals surface area contributed by atoms with E-state index < -0.39 is 4.92 Å². The van der Waals surface area contributed by atoms with Crippen molar-refractivity contribution in [3.05, 3.63) is 40.2 Å². The lowest BCUT2D eigenvalue weighted by Gasteiger charge is -2.23. The summed E-state index contributed by atoms with van der Waals surface area (Å²) in [5, 5.41) is 23.1. The number of hydrogen-bond acceptors (Lipinski definition) is 7. The Bertz CT molecular complexity index is 839. The van der Waals surface area contributed by atoms with Crippen LogP contribution in [0.15, 0.2) is 29.4 Å². The van der Waals surface area contributed by atoms with Gasteiger partial charge in [-0.2, -0.15) is 0 Å². The molecule has 0 spiro atoms. The van der Waals surface area contributed by atoms with Gasteiger partial charge in [0.05, 0.1) is 16.7 Å². The summed E-state index contributed by atoms with van der Waals surface area (Å²) in [7, 11) is 4.03. The summed E-state index contributed by atoms with van der Waals surface area (Å²) in [6.45, 7) is 5.02. The van der Waals surface area contributed by atoms with Crippen molar-refractivity contribution in [3.8, 4) is 0 Å². The Morgan fingerprint density at radius 2 is 2.03 bits per heavy atom. The third-order valence-corrected chi connectivity index (χ3v) is 5.46. The second-order valence-electron chi connectivity index (χ2n) is 6.84. The minimum atomic E-state index is -0.511. The molecular weight excluding hydrogens is 392 g/mol. The van der Waals surface area contributed by atoms with Crippen LogP contribution >= 0.6 is 11.8 Å². The van der Waals surface area contributed by atoms with Gasteiger partial charge in [0.1, 0.15) is 5.69 Å². The van der Waals surface area contributed by atoms with Crippen molar-refractivity contribution in [2.45, 2.75) is 50.9 Å². The molecule has 0 saturated carbocycles. The van der Waals surface area contributed by atoms with Crippen molar-refractivity contribution >= 4 is 29.0 Å². The highest BCUT2D eigenvalue weighted by Gasteiger charge is 2.22. The molecule has 0 aliphatic rings. The molecule has 0 unspecified atom stereocenters. The molecule has 2 aromatic rings. The van der Waals surface area contributed by atoms with Gasteiger partial charge in [-0.15, -0.1) is 10.2 Å². The first-order valence-corrected chi connectivity index (χ1v) is 10.6. The van der Waals surface area contributed by atoms with E-state index in [2.05, 4.69) is 38.8 Å². The van der Waals surface area contributed by atoms with E-state index in [9.17, 15) is 14.9 Å². The minimum absolute atomic E-state index is 0.0923. The number of unbranched alkanes of at least 4 members (excludes halogenated alkanes) is 1. The minimum Gasteiger partial charge on any atom is -0.320 e. The van der Waals surface area contributed by atoms with Crippen LogP contribution in [0.5, 0.6) is 0 Å². The molecule has 1 atom stereocenters. The first-order chi connectivity index (χ1) is 13.9. The van der Waals surface area contributed by atoms with E-state index in [1.165, 1.54) is 23.9 Å². The second-order valence-corrected chi connectivity index (χ2v) is 7.79. The second kappa shape index (κ2) is 10.9. The van der Waals surface area contributed by atoms with E-state index in [0.29, 0.717) is 5.16 Å². The average molecular weight is 421 g/mol. The summed E-state index contributed by atoms with van der Waals surface area (Å²) < 4.78 is 2.08. The van der Waals surface area contributed by atoms with Gasteiger partial charge < -0.3 is 9.88 Å². The highest BCUT2D eigenvalue weighted by molar-refractivity contribution is 7.99. The molecule has 0 aliphatic heterocycles. The van der Waals surface area contributed by atoms with Gasteiger partial charge in [-0.05, 0) is 33.0 Å². The summed E-state index contributed by atoms with van der Waals surface area (Å²) >= 11 is 1.29. The van der Waals surface area contributed by atoms with Gasteiger partial charge in [0.15, 0.2) is 11.0 Å². The van der Waals surface area contributed by atoms with Crippen LogP contribution in [-0.2, 0) is 11.3 Å². The lowest BCUT2D eigenvalue weighted by atomic mass is 10.2. The summed E-state index contributed by atoms with van der Waals surface area (Å²) in [6, 6.07) is 6.24. The Labute approximate surface area is 175 Å². The molecule has 1 aromatic carbocycles. The number of thioether (sulfide) groups is 1. The average Bonchev–Trinajstić information content (AvgIpc) is 3.07. The molecule has 1 heterocycles. The maximum atomic E-state index is 12.4. The fraction of sp³-hybridized carbons (Fsp3) is 0.526. The monoisotopic (exact) mass is 420 g/mol. The highest BCUT2D eigenvalue weighted by atomic mass is 32.2. The maximum absolute atomic E-state index is 12.4. The van der Waals surface area contributed by atoms with Crippen LogP contribution in [0.1, 0.15) is 45.0 Å². The van der Waals surface area contributed by atoms with E-state index in [-0.39, 0.29) is 29.1 Å². The Balaban J connectivity index is 2.12. The molecule has 1 aromatic heterocycles. The van der Waals surface area contributed by atoms with Crippen molar-refractivity contribution < 1.29 is 9.72 Å². The number of amides is 1. The van der Waals surface area contributed by atoms with Crippen LogP contribution in [0.25, 0.3) is 0 Å². The first-order valence-electron chi connectivity index (χ1n) is 9.64. The number of aromatic nitrogens is 3. The highest BCUT2D eigenvalue weighted by Crippen LogP contribution is 2.27. The van der Waals surface area contributed by atoms with Gasteiger partial charge in [0.25, 0.3) is 5.69 Å². The number of rotatable bonds is 11. The molecule has 29 heavy (non-hydrogen) atoms. The molecule has 0 radical (unpaired) electrons. The summed E-state index contributed by atoms with van der Waals surface area (Å²) in [6.07, 6.45) is 2.93. The van der Waals surface area contributed by atoms with E-state index in [1.54, 1.807) is 12.1 Å². The van der Waals surface area contributed by atoms with Crippen LogP contribution < -0.4 is 5.32 Å². The van der Waals surface area contributed by atoms with Crippen molar-refractivity contribution in [3.63, 3.8) is 0 Å². The van der Waals surface area contributed by atoms with E-state index in [4.69, 9.17) is 0 Å². The molecule has 0 bridgehead atoms. The fourth-order valence-electron chi connectivity index (χ4n) is 3.01. The lowest BCUT2D eigenvalue weighted by molar-refractivity contribution is -0.383. The zero-order valence-electron chi connectivity index (χ0n) is 17.3. The van der Waals surface area contributed by atoms with Crippen molar-refractivity contribution in [2.75, 3.05) is 25.2 Å². The van der Waals surface area contributed by atoms with Gasteiger partial charge >= 0.3 is 0 Å². The Morgan fingerprint density at radius 1 is 1.31 bits per heavy atom. The number of nitro benzene ring substituents is 1. The Hall–Kier alpha value is -2.46. The zero-order valence-corrected chi connectivity index (χ0v) is 18.1. The standard InChI is InChI=1S/C19H28N6O3S/c1-5-7-12-24-18(15(6-2)23(3)4)21-22-19(24)29-13-17(26)20-14-10-8-9-11-16(14)25(27)28/h8-11,15H,5-7,12-13H2,1-4H3,(H,20,26)/t15-/m0/s1. The molecule has 10 heteroatoms. The van der Waals surface area contributed by atoms with Gasteiger partial charge in [0.2, 0.25) is 5.91 Å². The molecule has 0 saturated heterocycles. The zero-order chi connectivity index (χ0) is 21.4. The number of hydrogen-bond donors (Lipinski definition) is 1. The van der Waals surface area contributed by atoms with Crippen LogP contribution in [0, 0.1) is 10.1 Å². The number of nitrogens with zero attached hydrogens (tertiary/aromatic N) is 5. The van der Waals surface area contributed by atoms with Crippen LogP contribution in [-0.4, -0.2) is 50.3 Å². The molecule has 2 rings (SSSR count). The first kappa shape index (κ1) is 22.8. The third-order valence-electron chi connectivity index (χ3n) is 4.50. The number of carbonyl (C=O) groups excluding carboxylic acids is 1. The van der Waals surface area contributed by atoms with Gasteiger partial charge in [-0.25, -0.2) is 0 Å². The largest absolute Gasteiger partial charge is 0.320 e. The predicted molar refractivity (Wildman–Crippen MR) is 114 cm³/mol. The van der Waals surface area contributed by atoms with Crippen molar-refractivity contribution in [1.82, 2.24) is 19.7 Å². The third kappa shape index (κ3) is 6.01. The van der Waals surface area contributed by atoms with E-state index in [1.807, 2.05) is 14.1 Å².